The van der Waals surface area contributed by atoms with Crippen molar-refractivity contribution in [1.29, 1.82) is 0 Å². The van der Waals surface area contributed by atoms with Crippen molar-refractivity contribution in [2.24, 2.45) is 0 Å². The molecule has 2 aromatic carbocycles. The molecule has 0 aliphatic heterocycles. The van der Waals surface area contributed by atoms with Gasteiger partial charge < -0.3 is 5.11 Å². The van der Waals surface area contributed by atoms with E-state index in [1.54, 1.807) is 6.07 Å². The van der Waals surface area contributed by atoms with Crippen molar-refractivity contribution in [3.63, 3.8) is 0 Å². The summed E-state index contributed by atoms with van der Waals surface area (Å²) in [7, 11) is 0. The summed E-state index contributed by atoms with van der Waals surface area (Å²) in [5.41, 5.74) is 5.87. The van der Waals surface area contributed by atoms with Crippen molar-refractivity contribution in [1.82, 2.24) is 0 Å². The zero-order valence-corrected chi connectivity index (χ0v) is 12.8. The molecule has 0 fully saturated rings. The maximum atomic E-state index is 13.2. The van der Waals surface area contributed by atoms with Crippen molar-refractivity contribution in [2.75, 3.05) is 0 Å². The Labute approximate surface area is 124 Å². The van der Waals surface area contributed by atoms with Crippen molar-refractivity contribution in [2.45, 2.75) is 33.8 Å². The number of aryl methyl sites for hydroxylation is 2. The van der Waals surface area contributed by atoms with Crippen LogP contribution in [0.2, 0.25) is 5.02 Å². The summed E-state index contributed by atoms with van der Waals surface area (Å²) in [4.78, 5) is 0. The Morgan fingerprint density at radius 3 is 2.05 bits per heavy atom. The summed E-state index contributed by atoms with van der Waals surface area (Å²) in [6, 6.07) is 6.45. The molecule has 1 atom stereocenters. The van der Waals surface area contributed by atoms with E-state index in [0.29, 0.717) is 5.56 Å². The van der Waals surface area contributed by atoms with Crippen LogP contribution in [0.4, 0.5) is 4.39 Å². The molecule has 20 heavy (non-hydrogen) atoms. The van der Waals surface area contributed by atoms with Gasteiger partial charge in [0.1, 0.15) is 11.9 Å². The SMILES string of the molecule is Cc1cc(C)c(C)c(C(O)c2ccc(F)c(Cl)c2)c1C. The van der Waals surface area contributed by atoms with Gasteiger partial charge in [0.15, 0.2) is 0 Å². The third-order valence-corrected chi connectivity index (χ3v) is 4.25. The van der Waals surface area contributed by atoms with E-state index in [0.717, 1.165) is 27.8 Å². The minimum atomic E-state index is -0.799. The molecule has 1 N–H and O–H groups in total. The molecule has 0 heterocycles. The van der Waals surface area contributed by atoms with Crippen LogP contribution < -0.4 is 0 Å². The van der Waals surface area contributed by atoms with Crippen LogP contribution in [-0.2, 0) is 0 Å². The number of benzene rings is 2. The number of hydrogen-bond donors (Lipinski definition) is 1. The van der Waals surface area contributed by atoms with Gasteiger partial charge in [-0.1, -0.05) is 23.7 Å². The van der Waals surface area contributed by atoms with Crippen LogP contribution >= 0.6 is 11.6 Å². The maximum Gasteiger partial charge on any atom is 0.141 e. The molecule has 2 aromatic rings. The van der Waals surface area contributed by atoms with Crippen molar-refractivity contribution in [3.8, 4) is 0 Å². The van der Waals surface area contributed by atoms with Gasteiger partial charge in [-0.2, -0.15) is 0 Å². The van der Waals surface area contributed by atoms with Gasteiger partial charge >= 0.3 is 0 Å². The molecule has 0 amide bonds. The van der Waals surface area contributed by atoms with Crippen molar-refractivity contribution < 1.29 is 9.50 Å². The van der Waals surface area contributed by atoms with Gasteiger partial charge in [-0.15, -0.1) is 0 Å². The summed E-state index contributed by atoms with van der Waals surface area (Å²) in [5, 5.41) is 10.7. The lowest BCUT2D eigenvalue weighted by molar-refractivity contribution is 0.218. The summed E-state index contributed by atoms with van der Waals surface area (Å²) >= 11 is 5.80. The first-order chi connectivity index (χ1) is 9.32. The molecule has 3 heteroatoms. The van der Waals surface area contributed by atoms with Crippen LogP contribution in [0.1, 0.15) is 39.5 Å². The molecule has 2 rings (SSSR count). The second-order valence-corrected chi connectivity index (χ2v) is 5.66. The van der Waals surface area contributed by atoms with Crippen molar-refractivity contribution in [3.05, 3.63) is 68.5 Å². The molecular formula is C17H18ClFO. The van der Waals surface area contributed by atoms with Gasteiger partial charge in [0, 0.05) is 0 Å². The molecule has 0 aromatic heterocycles. The van der Waals surface area contributed by atoms with Crippen LogP contribution in [0.25, 0.3) is 0 Å². The monoisotopic (exact) mass is 292 g/mol. The average molecular weight is 293 g/mol. The number of rotatable bonds is 2. The fourth-order valence-electron chi connectivity index (χ4n) is 2.51. The molecule has 0 aliphatic carbocycles. The highest BCUT2D eigenvalue weighted by Crippen LogP contribution is 2.32. The molecule has 0 saturated heterocycles. The number of hydrogen-bond acceptors (Lipinski definition) is 1. The van der Waals surface area contributed by atoms with Gasteiger partial charge in [0.25, 0.3) is 0 Å². The van der Waals surface area contributed by atoms with Crippen LogP contribution in [0.3, 0.4) is 0 Å². The first kappa shape index (κ1) is 15.0. The van der Waals surface area contributed by atoms with Gasteiger partial charge in [-0.05, 0) is 73.2 Å². The third kappa shape index (κ3) is 2.58. The van der Waals surface area contributed by atoms with Gasteiger partial charge in [-0.25, -0.2) is 4.39 Å². The van der Waals surface area contributed by atoms with E-state index in [4.69, 9.17) is 11.6 Å². The highest BCUT2D eigenvalue weighted by Gasteiger charge is 2.19. The predicted molar refractivity (Wildman–Crippen MR) is 80.9 cm³/mol. The van der Waals surface area contributed by atoms with Crippen LogP contribution in [0, 0.1) is 33.5 Å². The standard InChI is InChI=1S/C17H18ClFO/c1-9-7-10(2)12(4)16(11(9)3)17(20)13-5-6-15(19)14(18)8-13/h5-8,17,20H,1-4H3. The van der Waals surface area contributed by atoms with Crippen LogP contribution in [0.5, 0.6) is 0 Å². The van der Waals surface area contributed by atoms with E-state index in [-0.39, 0.29) is 5.02 Å². The smallest absolute Gasteiger partial charge is 0.141 e. The van der Waals surface area contributed by atoms with E-state index >= 15 is 0 Å². The first-order valence-electron chi connectivity index (χ1n) is 6.53. The van der Waals surface area contributed by atoms with Gasteiger partial charge in [-0.3, -0.25) is 0 Å². The molecule has 0 aliphatic rings. The van der Waals surface area contributed by atoms with E-state index in [1.165, 1.54) is 12.1 Å². The van der Waals surface area contributed by atoms with E-state index < -0.39 is 11.9 Å². The Hall–Kier alpha value is -1.38. The third-order valence-electron chi connectivity index (χ3n) is 3.96. The topological polar surface area (TPSA) is 20.2 Å². The summed E-state index contributed by atoms with van der Waals surface area (Å²) in [5.74, 6) is -0.475. The highest BCUT2D eigenvalue weighted by molar-refractivity contribution is 6.30. The predicted octanol–water partition coefficient (Wildman–Crippen LogP) is 4.79. The molecule has 0 saturated carbocycles. The Kier molecular flexibility index (Phi) is 4.17. The molecule has 0 bridgehead atoms. The summed E-state index contributed by atoms with van der Waals surface area (Å²) in [6.45, 7) is 8.03. The average Bonchev–Trinajstić information content (AvgIpc) is 2.40. The Bertz CT molecular complexity index is 638. The Balaban J connectivity index is 2.58. The second-order valence-electron chi connectivity index (χ2n) is 5.25. The minimum absolute atomic E-state index is 0.0289. The zero-order valence-electron chi connectivity index (χ0n) is 12.1. The second kappa shape index (κ2) is 5.55. The molecule has 1 nitrogen and oxygen atoms in total. The molecular weight excluding hydrogens is 275 g/mol. The lowest BCUT2D eigenvalue weighted by Crippen LogP contribution is -2.07. The highest BCUT2D eigenvalue weighted by atomic mass is 35.5. The normalized spacial score (nSPS) is 12.6. The first-order valence-corrected chi connectivity index (χ1v) is 6.91. The van der Waals surface area contributed by atoms with Gasteiger partial charge in [0.2, 0.25) is 0 Å². The fraction of sp³-hybridized carbons (Fsp3) is 0.294. The Morgan fingerprint density at radius 2 is 1.55 bits per heavy atom. The molecule has 0 spiro atoms. The lowest BCUT2D eigenvalue weighted by atomic mass is 9.88. The van der Waals surface area contributed by atoms with Gasteiger partial charge in [0.05, 0.1) is 5.02 Å². The van der Waals surface area contributed by atoms with Crippen LogP contribution in [0.15, 0.2) is 24.3 Å². The quantitative estimate of drug-likeness (QED) is 0.843. The summed E-state index contributed by atoms with van der Waals surface area (Å²) in [6.07, 6.45) is -0.799. The number of aliphatic hydroxyl groups is 1. The molecule has 106 valence electrons. The Morgan fingerprint density at radius 1 is 1.00 bits per heavy atom. The lowest BCUT2D eigenvalue weighted by Gasteiger charge is -2.20. The van der Waals surface area contributed by atoms with Crippen molar-refractivity contribution >= 4 is 11.6 Å². The van der Waals surface area contributed by atoms with E-state index in [2.05, 4.69) is 6.07 Å². The van der Waals surface area contributed by atoms with Crippen LogP contribution in [-0.4, -0.2) is 5.11 Å². The van der Waals surface area contributed by atoms with E-state index in [9.17, 15) is 9.50 Å². The minimum Gasteiger partial charge on any atom is -0.384 e. The number of aliphatic hydroxyl groups excluding tert-OH is 1. The maximum absolute atomic E-state index is 13.2. The van der Waals surface area contributed by atoms with E-state index in [1.807, 2.05) is 27.7 Å². The largest absolute Gasteiger partial charge is 0.384 e. The zero-order chi connectivity index (χ0) is 15.0. The molecule has 1 unspecified atom stereocenters. The molecule has 0 radical (unpaired) electrons. The number of halogens is 2. The summed E-state index contributed by atoms with van der Waals surface area (Å²) < 4.78 is 13.2. The fourth-order valence-corrected chi connectivity index (χ4v) is 2.70.